The van der Waals surface area contributed by atoms with Crippen LogP contribution < -0.4 is 0 Å². The average Bonchev–Trinajstić information content (AvgIpc) is 2.19. The molecule has 0 aliphatic heterocycles. The quantitative estimate of drug-likeness (QED) is 0.747. The Balaban J connectivity index is 2.85. The SMILES string of the molecule is Cc1cccc2c(O)cc(C(=O)O)cc12. The van der Waals surface area contributed by atoms with Gasteiger partial charge >= 0.3 is 5.97 Å². The maximum Gasteiger partial charge on any atom is 0.335 e. The van der Waals surface area contributed by atoms with Crippen molar-refractivity contribution >= 4 is 16.7 Å². The Bertz CT molecular complexity index is 544. The van der Waals surface area contributed by atoms with Crippen molar-refractivity contribution in [3.63, 3.8) is 0 Å². The lowest BCUT2D eigenvalue weighted by Crippen LogP contribution is -1.96. The second kappa shape index (κ2) is 3.28. The molecule has 0 radical (unpaired) electrons. The summed E-state index contributed by atoms with van der Waals surface area (Å²) >= 11 is 0. The van der Waals surface area contributed by atoms with Crippen LogP contribution in [0.15, 0.2) is 30.3 Å². The number of aromatic hydroxyl groups is 1. The molecule has 0 aliphatic carbocycles. The van der Waals surface area contributed by atoms with Gasteiger partial charge in [0.15, 0.2) is 0 Å². The number of aromatic carboxylic acids is 1. The number of fused-ring (bicyclic) bond motifs is 1. The zero-order valence-electron chi connectivity index (χ0n) is 8.19. The first-order chi connectivity index (χ1) is 7.09. The van der Waals surface area contributed by atoms with Crippen LogP contribution in [-0.2, 0) is 0 Å². The Hall–Kier alpha value is -2.03. The summed E-state index contributed by atoms with van der Waals surface area (Å²) in [5.41, 5.74) is 1.06. The van der Waals surface area contributed by atoms with Gasteiger partial charge in [0.05, 0.1) is 5.56 Å². The van der Waals surface area contributed by atoms with E-state index in [1.807, 2.05) is 19.1 Å². The number of hydrogen-bond acceptors (Lipinski definition) is 2. The molecule has 0 bridgehead atoms. The minimum absolute atomic E-state index is 0.00796. The van der Waals surface area contributed by atoms with Gasteiger partial charge in [-0.2, -0.15) is 0 Å². The molecule has 0 aromatic heterocycles. The van der Waals surface area contributed by atoms with Crippen LogP contribution in [0.3, 0.4) is 0 Å². The van der Waals surface area contributed by atoms with Crippen LogP contribution in [0.4, 0.5) is 0 Å². The van der Waals surface area contributed by atoms with Crippen LogP contribution in [0, 0.1) is 6.92 Å². The number of benzene rings is 2. The molecular weight excluding hydrogens is 192 g/mol. The molecule has 15 heavy (non-hydrogen) atoms. The van der Waals surface area contributed by atoms with Gasteiger partial charge in [-0.1, -0.05) is 18.2 Å². The highest BCUT2D eigenvalue weighted by Gasteiger charge is 2.09. The molecule has 0 aliphatic rings. The van der Waals surface area contributed by atoms with E-state index in [0.29, 0.717) is 5.39 Å². The fourth-order valence-corrected chi connectivity index (χ4v) is 1.64. The number of phenolic OH excluding ortho intramolecular Hbond substituents is 1. The number of phenols is 1. The van der Waals surface area contributed by atoms with Gasteiger partial charge in [-0.3, -0.25) is 0 Å². The minimum atomic E-state index is -1.03. The van der Waals surface area contributed by atoms with E-state index in [1.54, 1.807) is 12.1 Å². The molecule has 3 nitrogen and oxygen atoms in total. The molecule has 2 rings (SSSR count). The van der Waals surface area contributed by atoms with E-state index in [-0.39, 0.29) is 11.3 Å². The minimum Gasteiger partial charge on any atom is -0.507 e. The van der Waals surface area contributed by atoms with E-state index in [0.717, 1.165) is 10.9 Å². The smallest absolute Gasteiger partial charge is 0.335 e. The highest BCUT2D eigenvalue weighted by Crippen LogP contribution is 2.28. The summed E-state index contributed by atoms with van der Waals surface area (Å²) in [4.78, 5) is 10.8. The second-order valence-electron chi connectivity index (χ2n) is 3.47. The van der Waals surface area contributed by atoms with Crippen LogP contribution in [0.1, 0.15) is 15.9 Å². The van der Waals surface area contributed by atoms with E-state index in [9.17, 15) is 9.90 Å². The summed E-state index contributed by atoms with van der Waals surface area (Å²) in [5.74, 6) is -1.02. The number of aryl methyl sites for hydroxylation is 1. The van der Waals surface area contributed by atoms with Gasteiger partial charge in [0.1, 0.15) is 5.75 Å². The first-order valence-corrected chi connectivity index (χ1v) is 4.55. The number of rotatable bonds is 1. The zero-order chi connectivity index (χ0) is 11.0. The lowest BCUT2D eigenvalue weighted by atomic mass is 10.0. The molecule has 0 fully saturated rings. The monoisotopic (exact) mass is 202 g/mol. The van der Waals surface area contributed by atoms with Gasteiger partial charge in [-0.05, 0) is 30.0 Å². The first-order valence-electron chi connectivity index (χ1n) is 4.55. The third-order valence-corrected chi connectivity index (χ3v) is 2.44. The molecule has 0 atom stereocenters. The highest BCUT2D eigenvalue weighted by molar-refractivity contribution is 5.98. The van der Waals surface area contributed by atoms with Crippen molar-refractivity contribution in [2.75, 3.05) is 0 Å². The van der Waals surface area contributed by atoms with Crippen molar-refractivity contribution in [1.29, 1.82) is 0 Å². The Kier molecular flexibility index (Phi) is 2.08. The fraction of sp³-hybridized carbons (Fsp3) is 0.0833. The van der Waals surface area contributed by atoms with Gasteiger partial charge in [-0.25, -0.2) is 4.79 Å². The summed E-state index contributed by atoms with van der Waals surface area (Å²) in [6.07, 6.45) is 0. The predicted molar refractivity (Wildman–Crippen MR) is 57.3 cm³/mol. The van der Waals surface area contributed by atoms with Gasteiger partial charge in [0, 0.05) is 5.39 Å². The number of carboxylic acid groups (broad SMARTS) is 1. The Morgan fingerprint density at radius 3 is 2.60 bits per heavy atom. The molecule has 0 saturated heterocycles. The molecule has 3 heteroatoms. The van der Waals surface area contributed by atoms with E-state index >= 15 is 0 Å². The standard InChI is InChI=1S/C12H10O3/c1-7-3-2-4-9-10(7)5-8(12(14)15)6-11(9)13/h2-6,13H,1H3,(H,14,15). The largest absolute Gasteiger partial charge is 0.507 e. The van der Waals surface area contributed by atoms with Crippen molar-refractivity contribution in [3.05, 3.63) is 41.5 Å². The van der Waals surface area contributed by atoms with Gasteiger partial charge in [-0.15, -0.1) is 0 Å². The molecule has 0 heterocycles. The van der Waals surface area contributed by atoms with Crippen LogP contribution in [0.2, 0.25) is 0 Å². The van der Waals surface area contributed by atoms with Crippen molar-refractivity contribution in [2.24, 2.45) is 0 Å². The van der Waals surface area contributed by atoms with E-state index in [2.05, 4.69) is 0 Å². The van der Waals surface area contributed by atoms with Crippen molar-refractivity contribution in [1.82, 2.24) is 0 Å². The summed E-state index contributed by atoms with van der Waals surface area (Å²) in [7, 11) is 0. The van der Waals surface area contributed by atoms with Crippen LogP contribution in [-0.4, -0.2) is 16.2 Å². The third kappa shape index (κ3) is 1.52. The lowest BCUT2D eigenvalue weighted by Gasteiger charge is -2.05. The fourth-order valence-electron chi connectivity index (χ4n) is 1.64. The van der Waals surface area contributed by atoms with E-state index in [4.69, 9.17) is 5.11 Å². The summed E-state index contributed by atoms with van der Waals surface area (Å²) < 4.78 is 0. The van der Waals surface area contributed by atoms with Gasteiger partial charge < -0.3 is 10.2 Å². The summed E-state index contributed by atoms with van der Waals surface area (Å²) in [6.45, 7) is 1.88. The maximum absolute atomic E-state index is 10.8. The van der Waals surface area contributed by atoms with Crippen LogP contribution in [0.25, 0.3) is 10.8 Å². The molecule has 2 aromatic rings. The normalized spacial score (nSPS) is 10.5. The van der Waals surface area contributed by atoms with Gasteiger partial charge in [0.25, 0.3) is 0 Å². The molecule has 0 amide bonds. The van der Waals surface area contributed by atoms with Crippen LogP contribution >= 0.6 is 0 Å². The third-order valence-electron chi connectivity index (χ3n) is 2.44. The number of hydrogen-bond donors (Lipinski definition) is 2. The molecular formula is C12H10O3. The maximum atomic E-state index is 10.8. The molecule has 76 valence electrons. The second-order valence-corrected chi connectivity index (χ2v) is 3.47. The van der Waals surface area contributed by atoms with Crippen molar-refractivity contribution < 1.29 is 15.0 Å². The summed E-state index contributed by atoms with van der Waals surface area (Å²) in [6, 6.07) is 8.32. The van der Waals surface area contributed by atoms with Crippen molar-refractivity contribution in [3.8, 4) is 5.75 Å². The number of carbonyl (C=O) groups is 1. The van der Waals surface area contributed by atoms with Crippen LogP contribution in [0.5, 0.6) is 5.75 Å². The zero-order valence-corrected chi connectivity index (χ0v) is 8.19. The Morgan fingerprint density at radius 1 is 1.20 bits per heavy atom. The lowest BCUT2D eigenvalue weighted by molar-refractivity contribution is 0.0696. The molecule has 0 spiro atoms. The Morgan fingerprint density at radius 2 is 1.93 bits per heavy atom. The first kappa shape index (κ1) is 9.52. The Labute approximate surface area is 86.6 Å². The highest BCUT2D eigenvalue weighted by atomic mass is 16.4. The molecule has 2 N–H and O–H groups in total. The van der Waals surface area contributed by atoms with E-state index in [1.165, 1.54) is 6.07 Å². The topological polar surface area (TPSA) is 57.5 Å². The predicted octanol–water partition coefficient (Wildman–Crippen LogP) is 2.55. The molecule has 0 saturated carbocycles. The average molecular weight is 202 g/mol. The number of carboxylic acids is 1. The van der Waals surface area contributed by atoms with Crippen molar-refractivity contribution in [2.45, 2.75) is 6.92 Å². The van der Waals surface area contributed by atoms with E-state index < -0.39 is 5.97 Å². The summed E-state index contributed by atoms with van der Waals surface area (Å²) in [5, 5.41) is 20.0. The molecule has 2 aromatic carbocycles. The van der Waals surface area contributed by atoms with Gasteiger partial charge in [0.2, 0.25) is 0 Å². The molecule has 0 unspecified atom stereocenters.